The number of methoxy groups -OCH3 is 3. The van der Waals surface area contributed by atoms with Crippen molar-refractivity contribution in [3.63, 3.8) is 0 Å². The van der Waals surface area contributed by atoms with Crippen molar-refractivity contribution < 1.29 is 33.0 Å². The lowest BCUT2D eigenvalue weighted by Crippen LogP contribution is -2.40. The molecule has 2 aromatic heterocycles. The number of hydrogen-bond acceptors (Lipinski definition) is 10. The fourth-order valence-corrected chi connectivity index (χ4v) is 6.45. The number of fused-ring (bicyclic) bond motifs is 1. The van der Waals surface area contributed by atoms with Crippen LogP contribution in [0.25, 0.3) is 23.1 Å². The molecule has 5 aromatic rings. The van der Waals surface area contributed by atoms with E-state index in [9.17, 15) is 14.4 Å². The van der Waals surface area contributed by atoms with E-state index in [1.165, 1.54) is 37.2 Å². The van der Waals surface area contributed by atoms with Crippen LogP contribution >= 0.6 is 11.3 Å². The van der Waals surface area contributed by atoms with E-state index in [1.54, 1.807) is 67.6 Å². The van der Waals surface area contributed by atoms with Crippen LogP contribution in [0.4, 0.5) is 0 Å². The number of benzene rings is 3. The zero-order valence-corrected chi connectivity index (χ0v) is 26.8. The molecule has 0 spiro atoms. The van der Waals surface area contributed by atoms with E-state index in [0.717, 1.165) is 0 Å². The van der Waals surface area contributed by atoms with Crippen LogP contribution < -0.4 is 24.4 Å². The molecule has 0 bridgehead atoms. The minimum absolute atomic E-state index is 0.132. The van der Waals surface area contributed by atoms with E-state index in [-0.39, 0.29) is 17.7 Å². The predicted molar refractivity (Wildman–Crippen MR) is 176 cm³/mol. The maximum atomic E-state index is 14.3. The normalized spacial score (nSPS) is 14.3. The molecule has 0 saturated heterocycles. The molecule has 0 N–H and O–H groups in total. The highest BCUT2D eigenvalue weighted by atomic mass is 32.1. The summed E-state index contributed by atoms with van der Waals surface area (Å²) in [6.07, 6.45) is 1.62. The van der Waals surface area contributed by atoms with Gasteiger partial charge in [-0.3, -0.25) is 9.36 Å². The highest BCUT2D eigenvalue weighted by Gasteiger charge is 2.35. The molecular weight excluding hydrogens is 620 g/mol. The van der Waals surface area contributed by atoms with Gasteiger partial charge in [0.1, 0.15) is 11.5 Å². The molecule has 47 heavy (non-hydrogen) atoms. The Kier molecular flexibility index (Phi) is 8.90. The van der Waals surface area contributed by atoms with Gasteiger partial charge in [0.25, 0.3) is 5.56 Å². The second-order valence-corrected chi connectivity index (χ2v) is 11.3. The lowest BCUT2D eigenvalue weighted by Gasteiger charge is -2.26. The van der Waals surface area contributed by atoms with Gasteiger partial charge in [0.2, 0.25) is 0 Å². The van der Waals surface area contributed by atoms with Crippen molar-refractivity contribution in [2.24, 2.45) is 4.99 Å². The van der Waals surface area contributed by atoms with Gasteiger partial charge in [0.05, 0.1) is 55.3 Å². The molecule has 0 radical (unpaired) electrons. The summed E-state index contributed by atoms with van der Waals surface area (Å²) in [5.41, 5.74) is 2.43. The van der Waals surface area contributed by atoms with E-state index in [1.807, 2.05) is 30.3 Å². The minimum atomic E-state index is -0.901. The van der Waals surface area contributed by atoms with Crippen LogP contribution in [-0.4, -0.2) is 44.4 Å². The first-order valence-electron chi connectivity index (χ1n) is 14.7. The molecule has 3 aromatic carbocycles. The van der Waals surface area contributed by atoms with Crippen LogP contribution in [0.3, 0.4) is 0 Å². The fourth-order valence-electron chi connectivity index (χ4n) is 5.47. The molecule has 10 nitrogen and oxygen atoms in total. The van der Waals surface area contributed by atoms with E-state index in [2.05, 4.69) is 0 Å². The summed E-state index contributed by atoms with van der Waals surface area (Å²) in [6, 6.07) is 24.0. The monoisotopic (exact) mass is 650 g/mol. The molecule has 1 atom stereocenters. The van der Waals surface area contributed by atoms with E-state index < -0.39 is 18.0 Å². The van der Waals surface area contributed by atoms with Gasteiger partial charge >= 0.3 is 11.9 Å². The number of aromatic nitrogens is 1. The average molecular weight is 651 g/mol. The van der Waals surface area contributed by atoms with Gasteiger partial charge in [-0.2, -0.15) is 0 Å². The highest BCUT2D eigenvalue weighted by molar-refractivity contribution is 7.07. The molecule has 0 saturated carbocycles. The lowest BCUT2D eigenvalue weighted by atomic mass is 9.93. The summed E-state index contributed by atoms with van der Waals surface area (Å²) in [4.78, 5) is 45.6. The lowest BCUT2D eigenvalue weighted by molar-refractivity contribution is -0.138. The Morgan fingerprint density at radius 3 is 2.38 bits per heavy atom. The average Bonchev–Trinajstić information content (AvgIpc) is 3.70. The van der Waals surface area contributed by atoms with Gasteiger partial charge < -0.3 is 23.4 Å². The Hall–Kier alpha value is -5.68. The quantitative estimate of drug-likeness (QED) is 0.205. The number of rotatable bonds is 9. The number of furan rings is 1. The molecule has 1 aliphatic rings. The zero-order valence-electron chi connectivity index (χ0n) is 26.0. The Bertz CT molecular complexity index is 2190. The van der Waals surface area contributed by atoms with Crippen LogP contribution in [0.5, 0.6) is 11.5 Å². The van der Waals surface area contributed by atoms with Gasteiger partial charge in [0.15, 0.2) is 16.3 Å². The predicted octanol–water partition coefficient (Wildman–Crippen LogP) is 5.00. The van der Waals surface area contributed by atoms with Gasteiger partial charge in [-0.05, 0) is 42.8 Å². The van der Waals surface area contributed by atoms with Gasteiger partial charge in [-0.15, -0.1) is 0 Å². The van der Waals surface area contributed by atoms with E-state index >= 15 is 0 Å². The SMILES string of the molecule is CCOC(=O)C1=C(c2ccccc2)N=c2s/c(=C/c3ccc(-c4ccccc4C(=O)OC)o3)c(=O)n2[C@@H]1c1ccc(OC)c(OC)c1. The van der Waals surface area contributed by atoms with E-state index in [4.69, 9.17) is 28.4 Å². The van der Waals surface area contributed by atoms with Crippen LogP contribution in [0.15, 0.2) is 105 Å². The van der Waals surface area contributed by atoms with Crippen molar-refractivity contribution in [2.45, 2.75) is 13.0 Å². The van der Waals surface area contributed by atoms with Gasteiger partial charge in [-0.25, -0.2) is 14.6 Å². The zero-order chi connectivity index (χ0) is 33.1. The van der Waals surface area contributed by atoms with Crippen LogP contribution in [0, 0.1) is 0 Å². The summed E-state index contributed by atoms with van der Waals surface area (Å²) in [5.74, 6) is 0.669. The summed E-state index contributed by atoms with van der Waals surface area (Å²) < 4.78 is 29.4. The molecule has 0 fully saturated rings. The first-order chi connectivity index (χ1) is 22.9. The van der Waals surface area contributed by atoms with Crippen LogP contribution in [0.2, 0.25) is 0 Å². The number of hydrogen-bond donors (Lipinski definition) is 0. The minimum Gasteiger partial charge on any atom is -0.493 e. The third-order valence-electron chi connectivity index (χ3n) is 7.59. The molecular formula is C36H30N2O8S. The maximum absolute atomic E-state index is 14.3. The number of carbonyl (C=O) groups is 2. The number of nitrogens with zero attached hydrogens (tertiary/aromatic N) is 2. The molecule has 6 rings (SSSR count). The maximum Gasteiger partial charge on any atom is 0.338 e. The van der Waals surface area contributed by atoms with Crippen LogP contribution in [0.1, 0.15) is 40.2 Å². The Labute approximate surface area is 273 Å². The summed E-state index contributed by atoms with van der Waals surface area (Å²) in [6.45, 7) is 1.86. The van der Waals surface area contributed by atoms with Gasteiger partial charge in [0, 0.05) is 17.2 Å². The summed E-state index contributed by atoms with van der Waals surface area (Å²) in [7, 11) is 4.37. The third kappa shape index (κ3) is 5.88. The molecule has 0 amide bonds. The number of ether oxygens (including phenoxy) is 4. The van der Waals surface area contributed by atoms with Crippen LogP contribution in [-0.2, 0) is 14.3 Å². The van der Waals surface area contributed by atoms with Gasteiger partial charge in [-0.1, -0.05) is 65.9 Å². The second kappa shape index (κ2) is 13.4. The Morgan fingerprint density at radius 2 is 1.66 bits per heavy atom. The molecule has 3 heterocycles. The molecule has 0 aliphatic carbocycles. The fraction of sp³-hybridized carbons (Fsp3) is 0.167. The van der Waals surface area contributed by atoms with Crippen molar-refractivity contribution in [3.8, 4) is 22.8 Å². The number of thiazole rings is 1. The highest BCUT2D eigenvalue weighted by Crippen LogP contribution is 2.38. The van der Waals surface area contributed by atoms with Crippen molar-refractivity contribution in [2.75, 3.05) is 27.9 Å². The smallest absolute Gasteiger partial charge is 0.338 e. The topological polar surface area (TPSA) is 119 Å². The Morgan fingerprint density at radius 1 is 0.915 bits per heavy atom. The summed E-state index contributed by atoms with van der Waals surface area (Å²) >= 11 is 1.17. The molecule has 238 valence electrons. The molecule has 0 unspecified atom stereocenters. The van der Waals surface area contributed by atoms with Crippen molar-refractivity contribution in [1.82, 2.24) is 4.57 Å². The number of esters is 2. The second-order valence-electron chi connectivity index (χ2n) is 10.3. The first-order valence-corrected chi connectivity index (χ1v) is 15.5. The standard InChI is InChI=1S/C36H30N2O8S/c1-5-45-35(41)30-31(21-11-7-6-8-12-21)37-36-38(32(30)22-15-17-27(42-2)28(19-22)43-3)33(39)29(47-36)20-23-16-18-26(46-23)24-13-9-10-14-25(24)34(40)44-4/h6-20,32H,5H2,1-4H3/b29-20+/t32-/m1/s1. The molecule has 1 aliphatic heterocycles. The third-order valence-corrected chi connectivity index (χ3v) is 8.58. The summed E-state index contributed by atoms with van der Waals surface area (Å²) in [5, 5.41) is 0. The Balaban J connectivity index is 1.56. The molecule has 11 heteroatoms. The van der Waals surface area contributed by atoms with Crippen molar-refractivity contribution in [3.05, 3.63) is 133 Å². The van der Waals surface area contributed by atoms with Crippen molar-refractivity contribution in [1.29, 1.82) is 0 Å². The largest absolute Gasteiger partial charge is 0.493 e. The van der Waals surface area contributed by atoms with Crippen molar-refractivity contribution >= 4 is 35.0 Å². The first kappa shape index (κ1) is 31.3. The number of carbonyl (C=O) groups excluding carboxylic acids is 2. The van der Waals surface area contributed by atoms with E-state index in [0.29, 0.717) is 60.3 Å².